The summed E-state index contributed by atoms with van der Waals surface area (Å²) in [6.45, 7) is 0. The zero-order valence-corrected chi connectivity index (χ0v) is 25.2. The SMILES string of the molecule is c1ccc(-c2ccc3c(n2)c2cc4c(cc2n3-c2ccc(N(c3ccccc3)c3ccccc3)cc2)sc2ccccc24)cc1. The maximum Gasteiger partial charge on any atom is 0.0971 e. The van der Waals surface area contributed by atoms with Crippen molar-refractivity contribution < 1.29 is 0 Å². The monoisotopic (exact) mass is 593 g/mol. The van der Waals surface area contributed by atoms with E-state index in [-0.39, 0.29) is 0 Å². The molecule has 0 spiro atoms. The molecule has 0 atom stereocenters. The van der Waals surface area contributed by atoms with E-state index in [4.69, 9.17) is 4.98 Å². The summed E-state index contributed by atoms with van der Waals surface area (Å²) in [5.41, 5.74) is 9.84. The van der Waals surface area contributed by atoms with E-state index < -0.39 is 0 Å². The summed E-state index contributed by atoms with van der Waals surface area (Å²) in [5.74, 6) is 0. The topological polar surface area (TPSA) is 21.1 Å². The van der Waals surface area contributed by atoms with Crippen LogP contribution in [0.2, 0.25) is 0 Å². The fourth-order valence-electron chi connectivity index (χ4n) is 6.50. The van der Waals surface area contributed by atoms with E-state index in [1.54, 1.807) is 0 Å². The molecule has 4 heteroatoms. The minimum absolute atomic E-state index is 0.981. The standard InChI is InChI=1S/C41H27N3S/c1-4-12-28(13-5-1)36-24-25-37-41(42-36)35-26-34-33-18-10-11-19-39(33)45-40(34)27-38(35)44(37)32-22-20-31(21-23-32)43(29-14-6-2-7-15-29)30-16-8-3-9-17-30/h1-27H. The average Bonchev–Trinajstić information content (AvgIpc) is 3.63. The fraction of sp³-hybridized carbons (Fsp3) is 0. The first-order chi connectivity index (χ1) is 22.3. The smallest absolute Gasteiger partial charge is 0.0971 e. The number of anilines is 3. The van der Waals surface area contributed by atoms with Crippen molar-refractivity contribution in [2.75, 3.05) is 4.90 Å². The molecule has 3 nitrogen and oxygen atoms in total. The summed E-state index contributed by atoms with van der Waals surface area (Å²) >= 11 is 1.85. The second kappa shape index (κ2) is 10.5. The Bertz CT molecular complexity index is 2420. The maximum absolute atomic E-state index is 5.29. The van der Waals surface area contributed by atoms with Gasteiger partial charge in [0.15, 0.2) is 0 Å². The van der Waals surface area contributed by atoms with Crippen LogP contribution < -0.4 is 4.90 Å². The molecule has 45 heavy (non-hydrogen) atoms. The Kier molecular flexibility index (Phi) is 6.00. The molecule has 0 saturated heterocycles. The molecule has 0 N–H and O–H groups in total. The average molecular weight is 594 g/mol. The number of thiophene rings is 1. The molecule has 9 aromatic rings. The number of para-hydroxylation sites is 2. The Morgan fingerprint density at radius 3 is 1.80 bits per heavy atom. The Morgan fingerprint density at radius 1 is 0.467 bits per heavy atom. The van der Waals surface area contributed by atoms with E-state index in [0.29, 0.717) is 0 Å². The summed E-state index contributed by atoms with van der Waals surface area (Å²) in [4.78, 5) is 7.59. The van der Waals surface area contributed by atoms with Crippen molar-refractivity contribution in [3.05, 3.63) is 164 Å². The van der Waals surface area contributed by atoms with E-state index in [9.17, 15) is 0 Å². The van der Waals surface area contributed by atoms with Crippen molar-refractivity contribution in [3.8, 4) is 16.9 Å². The van der Waals surface area contributed by atoms with Gasteiger partial charge in [-0.2, -0.15) is 0 Å². The quantitative estimate of drug-likeness (QED) is 0.198. The highest BCUT2D eigenvalue weighted by atomic mass is 32.1. The largest absolute Gasteiger partial charge is 0.311 e. The van der Waals surface area contributed by atoms with Crippen LogP contribution in [0.5, 0.6) is 0 Å². The number of nitrogens with zero attached hydrogens (tertiary/aromatic N) is 3. The van der Waals surface area contributed by atoms with Gasteiger partial charge >= 0.3 is 0 Å². The Morgan fingerprint density at radius 2 is 1.09 bits per heavy atom. The van der Waals surface area contributed by atoms with Crippen LogP contribution in [0.4, 0.5) is 17.1 Å². The molecule has 0 saturated carbocycles. The molecule has 0 bridgehead atoms. The van der Waals surface area contributed by atoms with E-state index in [1.807, 2.05) is 17.4 Å². The molecule has 0 aliphatic rings. The predicted molar refractivity (Wildman–Crippen MR) is 192 cm³/mol. The number of benzene rings is 6. The van der Waals surface area contributed by atoms with E-state index >= 15 is 0 Å². The zero-order valence-electron chi connectivity index (χ0n) is 24.3. The zero-order chi connectivity index (χ0) is 29.7. The highest BCUT2D eigenvalue weighted by Crippen LogP contribution is 2.41. The van der Waals surface area contributed by atoms with Crippen LogP contribution in [-0.4, -0.2) is 9.55 Å². The number of hydrogen-bond acceptors (Lipinski definition) is 3. The molecule has 6 aromatic carbocycles. The third-order valence-corrected chi connectivity index (χ3v) is 9.70. The van der Waals surface area contributed by atoms with Gasteiger partial charge in [0.05, 0.1) is 22.2 Å². The van der Waals surface area contributed by atoms with Crippen LogP contribution in [0, 0.1) is 0 Å². The Labute approximate surface area is 264 Å². The molecule has 0 unspecified atom stereocenters. The van der Waals surface area contributed by atoms with E-state index in [1.165, 1.54) is 20.2 Å². The molecule has 0 aliphatic heterocycles. The molecule has 0 radical (unpaired) electrons. The molecule has 0 fully saturated rings. The van der Waals surface area contributed by atoms with Crippen molar-refractivity contribution in [1.29, 1.82) is 0 Å². The summed E-state index contributed by atoms with van der Waals surface area (Å²) in [5, 5.41) is 3.75. The van der Waals surface area contributed by atoms with Crippen molar-refractivity contribution in [1.82, 2.24) is 9.55 Å². The van der Waals surface area contributed by atoms with Gasteiger partial charge in [0.1, 0.15) is 0 Å². The number of rotatable bonds is 5. The minimum Gasteiger partial charge on any atom is -0.311 e. The Balaban J connectivity index is 1.26. The molecule has 212 valence electrons. The number of pyridine rings is 1. The molecule has 3 aromatic heterocycles. The van der Waals surface area contributed by atoms with Crippen LogP contribution in [0.3, 0.4) is 0 Å². The van der Waals surface area contributed by atoms with Gasteiger partial charge < -0.3 is 9.47 Å². The fourth-order valence-corrected chi connectivity index (χ4v) is 7.62. The first kappa shape index (κ1) is 25.8. The highest BCUT2D eigenvalue weighted by Gasteiger charge is 2.18. The Hall–Kier alpha value is -5.71. The number of aromatic nitrogens is 2. The molecule has 0 aliphatic carbocycles. The van der Waals surface area contributed by atoms with E-state index in [0.717, 1.165) is 55.9 Å². The van der Waals surface area contributed by atoms with Gasteiger partial charge in [0.25, 0.3) is 0 Å². The molecule has 0 amide bonds. The minimum atomic E-state index is 0.981. The predicted octanol–water partition coefficient (Wildman–Crippen LogP) is 11.7. The van der Waals surface area contributed by atoms with Gasteiger partial charge in [0, 0.05) is 53.9 Å². The van der Waals surface area contributed by atoms with Crippen molar-refractivity contribution in [3.63, 3.8) is 0 Å². The van der Waals surface area contributed by atoms with Gasteiger partial charge in [0.2, 0.25) is 0 Å². The van der Waals surface area contributed by atoms with Gasteiger partial charge in [-0.1, -0.05) is 84.9 Å². The van der Waals surface area contributed by atoms with Gasteiger partial charge in [-0.05, 0) is 78.9 Å². The lowest BCUT2D eigenvalue weighted by Crippen LogP contribution is -2.09. The van der Waals surface area contributed by atoms with Crippen molar-refractivity contribution in [2.24, 2.45) is 0 Å². The van der Waals surface area contributed by atoms with Gasteiger partial charge in [-0.15, -0.1) is 11.3 Å². The summed E-state index contributed by atoms with van der Waals surface area (Å²) in [6.07, 6.45) is 0. The lowest BCUT2D eigenvalue weighted by molar-refractivity contribution is 1.17. The third kappa shape index (κ3) is 4.30. The number of fused-ring (bicyclic) bond motifs is 6. The van der Waals surface area contributed by atoms with Crippen LogP contribution in [0.15, 0.2) is 164 Å². The molecule has 9 rings (SSSR count). The van der Waals surface area contributed by atoms with Crippen molar-refractivity contribution >= 4 is 70.5 Å². The van der Waals surface area contributed by atoms with Crippen molar-refractivity contribution in [2.45, 2.75) is 0 Å². The second-order valence-electron chi connectivity index (χ2n) is 11.3. The number of hydrogen-bond donors (Lipinski definition) is 0. The summed E-state index contributed by atoms with van der Waals surface area (Å²) < 4.78 is 4.96. The normalized spacial score (nSPS) is 11.6. The lowest BCUT2D eigenvalue weighted by atomic mass is 10.1. The second-order valence-corrected chi connectivity index (χ2v) is 12.3. The summed E-state index contributed by atoms with van der Waals surface area (Å²) in [6, 6.07) is 58.2. The van der Waals surface area contributed by atoms with Crippen LogP contribution in [0.1, 0.15) is 0 Å². The first-order valence-electron chi connectivity index (χ1n) is 15.1. The molecular formula is C41H27N3S. The van der Waals surface area contributed by atoms with Crippen LogP contribution >= 0.6 is 11.3 Å². The van der Waals surface area contributed by atoms with Crippen LogP contribution in [0.25, 0.3) is 59.1 Å². The third-order valence-electron chi connectivity index (χ3n) is 8.57. The van der Waals surface area contributed by atoms with E-state index in [2.05, 4.69) is 167 Å². The first-order valence-corrected chi connectivity index (χ1v) is 16.0. The van der Waals surface area contributed by atoms with Crippen LogP contribution in [-0.2, 0) is 0 Å². The lowest BCUT2D eigenvalue weighted by Gasteiger charge is -2.25. The molecular weight excluding hydrogens is 567 g/mol. The summed E-state index contributed by atoms with van der Waals surface area (Å²) in [7, 11) is 0. The maximum atomic E-state index is 5.29. The van der Waals surface area contributed by atoms with Gasteiger partial charge in [-0.3, -0.25) is 0 Å². The van der Waals surface area contributed by atoms with Gasteiger partial charge in [-0.25, -0.2) is 4.98 Å². The molecule has 3 heterocycles. The highest BCUT2D eigenvalue weighted by molar-refractivity contribution is 7.25.